The largest absolute Gasteiger partial charge is 0.342 e. The van der Waals surface area contributed by atoms with E-state index in [1.165, 1.54) is 11.5 Å². The highest BCUT2D eigenvalue weighted by atomic mass is 32.1. The highest BCUT2D eigenvalue weighted by molar-refractivity contribution is 7.09. The molecule has 0 radical (unpaired) electrons. The number of imidazole rings is 1. The molecule has 0 N–H and O–H groups in total. The van der Waals surface area contributed by atoms with E-state index in [2.05, 4.69) is 26.2 Å². The van der Waals surface area contributed by atoms with Crippen molar-refractivity contribution < 1.29 is 0 Å². The zero-order valence-electron chi connectivity index (χ0n) is 9.71. The summed E-state index contributed by atoms with van der Waals surface area (Å²) in [6.45, 7) is 2.81. The molecule has 0 spiro atoms. The van der Waals surface area contributed by atoms with Crippen molar-refractivity contribution in [3.8, 4) is 0 Å². The van der Waals surface area contributed by atoms with Gasteiger partial charge in [-0.3, -0.25) is 0 Å². The standard InChI is InChI=1S/C10H15N5S/c1-4-8-12-10(16-13-8)15(3)7-9-11-5-6-14(9)2/h5-6H,4,7H2,1-3H3. The van der Waals surface area contributed by atoms with Crippen molar-refractivity contribution in [3.05, 3.63) is 24.0 Å². The number of rotatable bonds is 4. The first kappa shape index (κ1) is 11.1. The van der Waals surface area contributed by atoms with Crippen LogP contribution in [0.25, 0.3) is 0 Å². The van der Waals surface area contributed by atoms with Crippen molar-refractivity contribution in [2.24, 2.45) is 7.05 Å². The van der Waals surface area contributed by atoms with Gasteiger partial charge in [-0.05, 0) is 0 Å². The fourth-order valence-corrected chi connectivity index (χ4v) is 2.08. The Balaban J connectivity index is 2.08. The Bertz CT molecular complexity index is 461. The monoisotopic (exact) mass is 237 g/mol. The lowest BCUT2D eigenvalue weighted by Gasteiger charge is -2.14. The summed E-state index contributed by atoms with van der Waals surface area (Å²) < 4.78 is 6.28. The minimum absolute atomic E-state index is 0.752. The minimum Gasteiger partial charge on any atom is -0.342 e. The first-order valence-corrected chi connectivity index (χ1v) is 5.98. The van der Waals surface area contributed by atoms with E-state index in [1.54, 1.807) is 6.20 Å². The molecule has 0 fully saturated rings. The molecule has 0 aliphatic carbocycles. The number of hydrogen-bond acceptors (Lipinski definition) is 5. The molecule has 0 aromatic carbocycles. The van der Waals surface area contributed by atoms with E-state index in [0.717, 1.165) is 29.7 Å². The van der Waals surface area contributed by atoms with Crippen molar-refractivity contribution in [1.29, 1.82) is 0 Å². The van der Waals surface area contributed by atoms with E-state index in [-0.39, 0.29) is 0 Å². The molecule has 0 unspecified atom stereocenters. The van der Waals surface area contributed by atoms with E-state index < -0.39 is 0 Å². The van der Waals surface area contributed by atoms with Crippen LogP contribution in [0.5, 0.6) is 0 Å². The lowest BCUT2D eigenvalue weighted by atomic mass is 10.5. The van der Waals surface area contributed by atoms with Crippen molar-refractivity contribution in [3.63, 3.8) is 0 Å². The van der Waals surface area contributed by atoms with Gasteiger partial charge in [-0.2, -0.15) is 4.37 Å². The Kier molecular flexibility index (Phi) is 3.19. The Hall–Kier alpha value is -1.43. The van der Waals surface area contributed by atoms with Crippen LogP contribution in [0.1, 0.15) is 18.6 Å². The average molecular weight is 237 g/mol. The summed E-state index contributed by atoms with van der Waals surface area (Å²) in [6, 6.07) is 0. The van der Waals surface area contributed by atoms with Crippen LogP contribution in [0, 0.1) is 0 Å². The Morgan fingerprint density at radius 2 is 2.31 bits per heavy atom. The van der Waals surface area contributed by atoms with Crippen LogP contribution < -0.4 is 4.90 Å². The molecule has 0 amide bonds. The van der Waals surface area contributed by atoms with E-state index in [0.29, 0.717) is 0 Å². The highest BCUT2D eigenvalue weighted by Crippen LogP contribution is 2.17. The number of nitrogens with zero attached hydrogens (tertiary/aromatic N) is 5. The summed E-state index contributed by atoms with van der Waals surface area (Å²) in [6.07, 6.45) is 4.63. The van der Waals surface area contributed by atoms with Crippen LogP contribution >= 0.6 is 11.5 Å². The molecule has 6 heteroatoms. The summed E-state index contributed by atoms with van der Waals surface area (Å²) in [5, 5.41) is 0.944. The number of aromatic nitrogens is 4. The van der Waals surface area contributed by atoms with Gasteiger partial charge in [0.1, 0.15) is 11.6 Å². The molecule has 2 aromatic heterocycles. The van der Waals surface area contributed by atoms with Gasteiger partial charge in [0, 0.05) is 44.4 Å². The minimum atomic E-state index is 0.752. The Morgan fingerprint density at radius 3 is 2.88 bits per heavy atom. The molecule has 2 rings (SSSR count). The molecule has 0 saturated heterocycles. The second kappa shape index (κ2) is 4.61. The van der Waals surface area contributed by atoms with Crippen LogP contribution in [0.15, 0.2) is 12.4 Å². The van der Waals surface area contributed by atoms with Crippen LogP contribution in [0.4, 0.5) is 5.13 Å². The summed E-state index contributed by atoms with van der Waals surface area (Å²) in [5.41, 5.74) is 0. The van der Waals surface area contributed by atoms with Crippen LogP contribution in [0.3, 0.4) is 0 Å². The SMILES string of the molecule is CCc1nsc(N(C)Cc2nccn2C)n1. The molecular weight excluding hydrogens is 222 g/mol. The van der Waals surface area contributed by atoms with Gasteiger partial charge < -0.3 is 9.47 Å². The van der Waals surface area contributed by atoms with Gasteiger partial charge >= 0.3 is 0 Å². The Labute approximate surface area is 98.9 Å². The molecule has 0 aliphatic heterocycles. The number of aryl methyl sites for hydroxylation is 2. The van der Waals surface area contributed by atoms with E-state index in [9.17, 15) is 0 Å². The molecule has 86 valence electrons. The van der Waals surface area contributed by atoms with Gasteiger partial charge in [0.2, 0.25) is 5.13 Å². The molecule has 2 heterocycles. The van der Waals surface area contributed by atoms with Crippen molar-refractivity contribution in [2.75, 3.05) is 11.9 Å². The third-order valence-corrected chi connectivity index (χ3v) is 3.27. The zero-order chi connectivity index (χ0) is 11.5. The molecule has 16 heavy (non-hydrogen) atoms. The molecule has 5 nitrogen and oxygen atoms in total. The zero-order valence-corrected chi connectivity index (χ0v) is 10.5. The van der Waals surface area contributed by atoms with Crippen molar-refractivity contribution in [1.82, 2.24) is 18.9 Å². The first-order valence-electron chi connectivity index (χ1n) is 5.20. The smallest absolute Gasteiger partial charge is 0.205 e. The van der Waals surface area contributed by atoms with Gasteiger partial charge in [-0.25, -0.2) is 9.97 Å². The fourth-order valence-electron chi connectivity index (χ4n) is 1.37. The molecule has 0 bridgehead atoms. The van der Waals surface area contributed by atoms with E-state index in [1.807, 2.05) is 24.9 Å². The van der Waals surface area contributed by atoms with Crippen molar-refractivity contribution in [2.45, 2.75) is 19.9 Å². The summed E-state index contributed by atoms with van der Waals surface area (Å²) >= 11 is 1.44. The lowest BCUT2D eigenvalue weighted by molar-refractivity contribution is 0.758. The van der Waals surface area contributed by atoms with Gasteiger partial charge in [0.05, 0.1) is 6.54 Å². The van der Waals surface area contributed by atoms with Gasteiger partial charge in [0.25, 0.3) is 0 Å². The second-order valence-corrected chi connectivity index (χ2v) is 4.39. The quantitative estimate of drug-likeness (QED) is 0.808. The second-order valence-electron chi connectivity index (χ2n) is 3.66. The molecule has 0 saturated carbocycles. The number of anilines is 1. The summed E-state index contributed by atoms with van der Waals surface area (Å²) in [7, 11) is 4.00. The summed E-state index contributed by atoms with van der Waals surface area (Å²) in [5.74, 6) is 1.93. The molecule has 0 aliphatic rings. The highest BCUT2D eigenvalue weighted by Gasteiger charge is 2.10. The Morgan fingerprint density at radius 1 is 1.50 bits per heavy atom. The van der Waals surface area contributed by atoms with E-state index in [4.69, 9.17) is 0 Å². The lowest BCUT2D eigenvalue weighted by Crippen LogP contribution is -2.18. The average Bonchev–Trinajstić information content (AvgIpc) is 2.88. The molecule has 0 atom stereocenters. The van der Waals surface area contributed by atoms with Gasteiger partial charge in [-0.15, -0.1) is 0 Å². The van der Waals surface area contributed by atoms with Crippen LogP contribution in [0.2, 0.25) is 0 Å². The predicted molar refractivity (Wildman–Crippen MR) is 64.6 cm³/mol. The third kappa shape index (κ3) is 2.21. The van der Waals surface area contributed by atoms with Crippen LogP contribution in [-0.4, -0.2) is 26.0 Å². The topological polar surface area (TPSA) is 46.8 Å². The maximum Gasteiger partial charge on any atom is 0.205 e. The van der Waals surface area contributed by atoms with Gasteiger partial charge in [0.15, 0.2) is 0 Å². The van der Waals surface area contributed by atoms with E-state index >= 15 is 0 Å². The molecule has 2 aromatic rings. The van der Waals surface area contributed by atoms with Crippen molar-refractivity contribution >= 4 is 16.7 Å². The first-order chi connectivity index (χ1) is 7.70. The maximum absolute atomic E-state index is 4.44. The number of hydrogen-bond donors (Lipinski definition) is 0. The molecular formula is C10H15N5S. The summed E-state index contributed by atoms with van der Waals surface area (Å²) in [4.78, 5) is 10.8. The normalized spacial score (nSPS) is 10.7. The predicted octanol–water partition coefficient (Wildman–Crippen LogP) is 1.47. The maximum atomic E-state index is 4.44. The fraction of sp³-hybridized carbons (Fsp3) is 0.500. The third-order valence-electron chi connectivity index (χ3n) is 2.40. The van der Waals surface area contributed by atoms with Crippen LogP contribution in [-0.2, 0) is 20.0 Å². The van der Waals surface area contributed by atoms with Gasteiger partial charge in [-0.1, -0.05) is 6.92 Å².